The maximum absolute atomic E-state index is 11.2. The van der Waals surface area contributed by atoms with E-state index >= 15 is 0 Å². The molecule has 1 aromatic heterocycles. The normalized spacial score (nSPS) is 10.2. The average Bonchev–Trinajstić information content (AvgIpc) is 2.03. The molecule has 1 N–H and O–H groups in total. The van der Waals surface area contributed by atoms with Crippen molar-refractivity contribution >= 4 is 0 Å². The van der Waals surface area contributed by atoms with Gasteiger partial charge in [0, 0.05) is 24.8 Å². The number of aryl methyl sites for hydroxylation is 1. The van der Waals surface area contributed by atoms with Crippen molar-refractivity contribution in [1.29, 1.82) is 0 Å². The van der Waals surface area contributed by atoms with Crippen LogP contribution < -0.4 is 10.9 Å². The highest BCUT2D eigenvalue weighted by Crippen LogP contribution is 1.83. The minimum Gasteiger partial charge on any atom is -0.318 e. The summed E-state index contributed by atoms with van der Waals surface area (Å²) in [5.74, 6) is 0. The predicted molar refractivity (Wildman–Crippen MR) is 47.2 cm³/mol. The van der Waals surface area contributed by atoms with Gasteiger partial charge in [0.15, 0.2) is 0 Å². The Morgan fingerprint density at radius 3 is 3.00 bits per heavy atom. The standard InChI is InChI=1S/C8H13N3O/c1-7-5-8(12)11(6-10-7)4-3-9-2/h5-6,9H,3-4H2,1-2H3. The summed E-state index contributed by atoms with van der Waals surface area (Å²) in [4.78, 5) is 15.3. The fraction of sp³-hybridized carbons (Fsp3) is 0.500. The monoisotopic (exact) mass is 167 g/mol. The van der Waals surface area contributed by atoms with Crippen LogP contribution in [-0.2, 0) is 6.54 Å². The van der Waals surface area contributed by atoms with Crippen LogP contribution in [-0.4, -0.2) is 23.1 Å². The highest BCUT2D eigenvalue weighted by Gasteiger charge is 1.94. The molecule has 0 bridgehead atoms. The number of hydrogen-bond acceptors (Lipinski definition) is 3. The molecule has 4 nitrogen and oxygen atoms in total. The van der Waals surface area contributed by atoms with E-state index < -0.39 is 0 Å². The number of rotatable bonds is 3. The van der Waals surface area contributed by atoms with Crippen molar-refractivity contribution in [2.75, 3.05) is 13.6 Å². The van der Waals surface area contributed by atoms with Gasteiger partial charge >= 0.3 is 0 Å². The van der Waals surface area contributed by atoms with Crippen molar-refractivity contribution in [2.24, 2.45) is 0 Å². The molecule has 66 valence electrons. The van der Waals surface area contributed by atoms with Crippen LogP contribution in [0.5, 0.6) is 0 Å². The number of likely N-dealkylation sites (N-methyl/N-ethyl adjacent to an activating group) is 1. The third-order valence-electron chi connectivity index (χ3n) is 1.62. The minimum atomic E-state index is 0.0118. The van der Waals surface area contributed by atoms with Gasteiger partial charge in [-0.05, 0) is 14.0 Å². The van der Waals surface area contributed by atoms with Crippen LogP contribution in [0.15, 0.2) is 17.2 Å². The van der Waals surface area contributed by atoms with Crippen LogP contribution in [0.3, 0.4) is 0 Å². The summed E-state index contributed by atoms with van der Waals surface area (Å²) in [5, 5.41) is 2.97. The lowest BCUT2D eigenvalue weighted by molar-refractivity contribution is 0.614. The summed E-state index contributed by atoms with van der Waals surface area (Å²) in [7, 11) is 1.85. The van der Waals surface area contributed by atoms with Gasteiger partial charge in [-0.1, -0.05) is 0 Å². The number of nitrogens with zero attached hydrogens (tertiary/aromatic N) is 2. The molecule has 0 unspecified atom stereocenters. The van der Waals surface area contributed by atoms with Crippen LogP contribution >= 0.6 is 0 Å². The van der Waals surface area contributed by atoms with Crippen molar-refractivity contribution < 1.29 is 0 Å². The van der Waals surface area contributed by atoms with Gasteiger partial charge in [-0.25, -0.2) is 4.98 Å². The Hall–Kier alpha value is -1.16. The quantitative estimate of drug-likeness (QED) is 0.676. The fourth-order valence-electron chi connectivity index (χ4n) is 0.917. The Balaban J connectivity index is 2.80. The first kappa shape index (κ1) is 8.93. The molecule has 1 heterocycles. The molecule has 0 atom stereocenters. The Kier molecular flexibility index (Phi) is 2.99. The molecule has 0 fully saturated rings. The topological polar surface area (TPSA) is 46.9 Å². The smallest absolute Gasteiger partial charge is 0.253 e. The van der Waals surface area contributed by atoms with Gasteiger partial charge in [0.05, 0.1) is 6.33 Å². The van der Waals surface area contributed by atoms with E-state index in [1.54, 1.807) is 10.9 Å². The van der Waals surface area contributed by atoms with E-state index in [0.29, 0.717) is 6.54 Å². The number of hydrogen-bond donors (Lipinski definition) is 1. The summed E-state index contributed by atoms with van der Waals surface area (Å²) < 4.78 is 1.59. The van der Waals surface area contributed by atoms with Crippen molar-refractivity contribution in [2.45, 2.75) is 13.5 Å². The number of aromatic nitrogens is 2. The third kappa shape index (κ3) is 2.17. The van der Waals surface area contributed by atoms with Gasteiger partial charge in [0.2, 0.25) is 0 Å². The van der Waals surface area contributed by atoms with Crippen molar-refractivity contribution in [3.05, 3.63) is 28.4 Å². The minimum absolute atomic E-state index is 0.0118. The maximum Gasteiger partial charge on any atom is 0.253 e. The summed E-state index contributed by atoms with van der Waals surface area (Å²) in [6, 6.07) is 1.54. The highest BCUT2D eigenvalue weighted by atomic mass is 16.1. The second-order valence-electron chi connectivity index (χ2n) is 2.67. The maximum atomic E-state index is 11.2. The molecule has 12 heavy (non-hydrogen) atoms. The second-order valence-corrected chi connectivity index (χ2v) is 2.67. The highest BCUT2D eigenvalue weighted by molar-refractivity contribution is 4.95. The first-order valence-corrected chi connectivity index (χ1v) is 3.91. The van der Waals surface area contributed by atoms with Gasteiger partial charge in [-0.15, -0.1) is 0 Å². The van der Waals surface area contributed by atoms with E-state index in [1.807, 2.05) is 14.0 Å². The molecule has 0 saturated carbocycles. The molecule has 0 aromatic carbocycles. The first-order valence-electron chi connectivity index (χ1n) is 3.91. The Bertz CT molecular complexity index is 305. The molecule has 0 saturated heterocycles. The Labute approximate surface area is 71.3 Å². The van der Waals surface area contributed by atoms with Crippen LogP contribution in [0, 0.1) is 6.92 Å². The van der Waals surface area contributed by atoms with Crippen LogP contribution in [0.25, 0.3) is 0 Å². The van der Waals surface area contributed by atoms with Gasteiger partial charge < -0.3 is 5.32 Å². The lowest BCUT2D eigenvalue weighted by atomic mass is 10.4. The molecule has 0 aliphatic rings. The van der Waals surface area contributed by atoms with Gasteiger partial charge in [-0.3, -0.25) is 9.36 Å². The van der Waals surface area contributed by atoms with Crippen molar-refractivity contribution in [3.8, 4) is 0 Å². The van der Waals surface area contributed by atoms with E-state index in [4.69, 9.17) is 0 Å². The van der Waals surface area contributed by atoms with Crippen molar-refractivity contribution in [3.63, 3.8) is 0 Å². The molecule has 0 aliphatic carbocycles. The van der Waals surface area contributed by atoms with E-state index in [2.05, 4.69) is 10.3 Å². The zero-order valence-corrected chi connectivity index (χ0v) is 7.37. The molecule has 4 heteroatoms. The first-order chi connectivity index (χ1) is 5.74. The summed E-state index contributed by atoms with van der Waals surface area (Å²) >= 11 is 0. The van der Waals surface area contributed by atoms with E-state index in [0.717, 1.165) is 12.2 Å². The SMILES string of the molecule is CNCCn1cnc(C)cc1=O. The number of nitrogens with one attached hydrogen (secondary N) is 1. The molecule has 0 spiro atoms. The lowest BCUT2D eigenvalue weighted by Gasteiger charge is -2.03. The Morgan fingerprint density at radius 2 is 2.42 bits per heavy atom. The lowest BCUT2D eigenvalue weighted by Crippen LogP contribution is -2.25. The molecule has 0 aliphatic heterocycles. The summed E-state index contributed by atoms with van der Waals surface area (Å²) in [5.41, 5.74) is 0.776. The van der Waals surface area contributed by atoms with Crippen LogP contribution in [0.4, 0.5) is 0 Å². The molecule has 1 aromatic rings. The average molecular weight is 167 g/mol. The largest absolute Gasteiger partial charge is 0.318 e. The predicted octanol–water partition coefficient (Wildman–Crippen LogP) is -0.229. The van der Waals surface area contributed by atoms with E-state index in [-0.39, 0.29) is 5.56 Å². The third-order valence-corrected chi connectivity index (χ3v) is 1.62. The van der Waals surface area contributed by atoms with Crippen LogP contribution in [0.2, 0.25) is 0 Å². The summed E-state index contributed by atoms with van der Waals surface area (Å²) in [6.45, 7) is 3.26. The zero-order valence-electron chi connectivity index (χ0n) is 7.37. The molecular formula is C8H13N3O. The van der Waals surface area contributed by atoms with Crippen LogP contribution in [0.1, 0.15) is 5.69 Å². The van der Waals surface area contributed by atoms with E-state index in [1.165, 1.54) is 6.07 Å². The van der Waals surface area contributed by atoms with E-state index in [9.17, 15) is 4.79 Å². The van der Waals surface area contributed by atoms with Crippen molar-refractivity contribution in [1.82, 2.24) is 14.9 Å². The van der Waals surface area contributed by atoms with Gasteiger partial charge in [0.25, 0.3) is 5.56 Å². The van der Waals surface area contributed by atoms with Gasteiger partial charge in [0.1, 0.15) is 0 Å². The molecule has 0 amide bonds. The molecule has 1 rings (SSSR count). The Morgan fingerprint density at radius 1 is 1.67 bits per heavy atom. The molecular weight excluding hydrogens is 154 g/mol. The fourth-order valence-corrected chi connectivity index (χ4v) is 0.917. The summed E-state index contributed by atoms with van der Waals surface area (Å²) in [6.07, 6.45) is 1.58. The molecule has 0 radical (unpaired) electrons. The second kappa shape index (κ2) is 4.01. The zero-order chi connectivity index (χ0) is 8.97. The van der Waals surface area contributed by atoms with Gasteiger partial charge in [-0.2, -0.15) is 0 Å².